The number of fused-ring (bicyclic) bond motifs is 2. The number of aryl methyl sites for hydroxylation is 1. The fourth-order valence-corrected chi connectivity index (χ4v) is 5.12. The minimum Gasteiger partial charge on any atom is -0.496 e. The van der Waals surface area contributed by atoms with E-state index in [1.807, 2.05) is 73.7 Å². The Balaban J connectivity index is 1.80. The number of hydrogen-bond acceptors (Lipinski definition) is 5. The third-order valence-corrected chi connectivity index (χ3v) is 6.63. The molecule has 2 heterocycles. The molecule has 0 aliphatic carbocycles. The molecule has 7 nitrogen and oxygen atoms in total. The lowest BCUT2D eigenvalue weighted by atomic mass is 9.77. The van der Waals surface area contributed by atoms with Crippen LogP contribution < -0.4 is 14.8 Å². The summed E-state index contributed by atoms with van der Waals surface area (Å²) in [6.07, 6.45) is 0. The Labute approximate surface area is 191 Å². The summed E-state index contributed by atoms with van der Waals surface area (Å²) in [7, 11) is 3.19. The summed E-state index contributed by atoms with van der Waals surface area (Å²) in [5.41, 5.74) is 5.14. The van der Waals surface area contributed by atoms with Gasteiger partial charge >= 0.3 is 0 Å². The standard InChI is InChI=1S/C26H25N3O4/c1-15-16-9-4-6-12-19(16)27-23(15)22-18-11-8-14-21(33-3)24(18)28-25(26(22)29(30)31)17-10-5-7-13-20(17)32-2/h4-14,22,25-28H,1-3H3/t22-,25+,26-/m1/s1. The molecular weight excluding hydrogens is 418 g/mol. The second-order valence-corrected chi connectivity index (χ2v) is 8.25. The number of nitro groups is 1. The van der Waals surface area contributed by atoms with Crippen molar-refractivity contribution < 1.29 is 14.4 Å². The first-order valence-electron chi connectivity index (χ1n) is 10.8. The number of rotatable bonds is 5. The lowest BCUT2D eigenvalue weighted by molar-refractivity contribution is -0.529. The number of anilines is 1. The zero-order valence-corrected chi connectivity index (χ0v) is 18.7. The Morgan fingerprint density at radius 1 is 0.879 bits per heavy atom. The van der Waals surface area contributed by atoms with Crippen molar-refractivity contribution in [2.24, 2.45) is 0 Å². The van der Waals surface area contributed by atoms with Crippen molar-refractivity contribution in [3.8, 4) is 11.5 Å². The van der Waals surface area contributed by atoms with Crippen LogP contribution in [0.15, 0.2) is 66.7 Å². The number of para-hydroxylation sites is 3. The maximum atomic E-state index is 12.7. The molecule has 1 aromatic heterocycles. The molecule has 0 fully saturated rings. The van der Waals surface area contributed by atoms with Gasteiger partial charge in [0.05, 0.1) is 25.8 Å². The number of nitrogens with zero attached hydrogens (tertiary/aromatic N) is 1. The van der Waals surface area contributed by atoms with E-state index in [2.05, 4.69) is 10.3 Å². The van der Waals surface area contributed by atoms with Gasteiger partial charge in [0.2, 0.25) is 6.04 Å². The Morgan fingerprint density at radius 3 is 2.27 bits per heavy atom. The number of H-pyrrole nitrogens is 1. The summed E-state index contributed by atoms with van der Waals surface area (Å²) < 4.78 is 11.2. The predicted octanol–water partition coefficient (Wildman–Crippen LogP) is 5.44. The van der Waals surface area contributed by atoms with E-state index >= 15 is 0 Å². The van der Waals surface area contributed by atoms with Crippen molar-refractivity contribution in [1.82, 2.24) is 4.98 Å². The van der Waals surface area contributed by atoms with Gasteiger partial charge < -0.3 is 19.8 Å². The SMILES string of the molecule is COc1ccccc1[C@@H]1Nc2c(OC)cccc2[C@H](c2[nH]c3ccccc3c2C)[C@H]1[N+](=O)[O-]. The van der Waals surface area contributed by atoms with Gasteiger partial charge in [-0.15, -0.1) is 0 Å². The van der Waals surface area contributed by atoms with Crippen LogP contribution in [0.3, 0.4) is 0 Å². The van der Waals surface area contributed by atoms with Crippen molar-refractivity contribution in [3.63, 3.8) is 0 Å². The van der Waals surface area contributed by atoms with E-state index < -0.39 is 18.0 Å². The average molecular weight is 444 g/mol. The first-order chi connectivity index (χ1) is 16.0. The Bertz CT molecular complexity index is 1350. The monoisotopic (exact) mass is 443 g/mol. The van der Waals surface area contributed by atoms with Crippen LogP contribution in [0, 0.1) is 17.0 Å². The molecule has 5 rings (SSSR count). The molecule has 0 saturated carbocycles. The topological polar surface area (TPSA) is 89.4 Å². The fraction of sp³-hybridized carbons (Fsp3) is 0.231. The molecule has 2 N–H and O–H groups in total. The van der Waals surface area contributed by atoms with Gasteiger partial charge in [0.15, 0.2) is 0 Å². The first-order valence-corrected chi connectivity index (χ1v) is 10.8. The number of hydrogen-bond donors (Lipinski definition) is 2. The van der Waals surface area contributed by atoms with E-state index in [9.17, 15) is 10.1 Å². The second kappa shape index (κ2) is 8.16. The summed E-state index contributed by atoms with van der Waals surface area (Å²) in [6, 6.07) is 19.5. The van der Waals surface area contributed by atoms with Crippen molar-refractivity contribution in [3.05, 3.63) is 99.2 Å². The van der Waals surface area contributed by atoms with E-state index in [1.54, 1.807) is 14.2 Å². The molecule has 3 aromatic carbocycles. The minimum absolute atomic E-state index is 0.178. The van der Waals surface area contributed by atoms with Gasteiger partial charge in [-0.05, 0) is 36.2 Å². The van der Waals surface area contributed by atoms with Gasteiger partial charge in [-0.1, -0.05) is 48.5 Å². The summed E-state index contributed by atoms with van der Waals surface area (Å²) >= 11 is 0. The van der Waals surface area contributed by atoms with Gasteiger partial charge in [0, 0.05) is 27.1 Å². The van der Waals surface area contributed by atoms with Crippen LogP contribution in [0.5, 0.6) is 11.5 Å². The molecule has 1 aliphatic rings. The van der Waals surface area contributed by atoms with Crippen molar-refractivity contribution in [2.75, 3.05) is 19.5 Å². The van der Waals surface area contributed by atoms with Crippen LogP contribution in [0.1, 0.15) is 34.3 Å². The van der Waals surface area contributed by atoms with E-state index in [0.717, 1.165) is 39.0 Å². The highest BCUT2D eigenvalue weighted by molar-refractivity contribution is 5.85. The van der Waals surface area contributed by atoms with Gasteiger partial charge in [-0.2, -0.15) is 0 Å². The summed E-state index contributed by atoms with van der Waals surface area (Å²) in [5.74, 6) is 0.730. The lowest BCUT2D eigenvalue weighted by Crippen LogP contribution is -2.42. The average Bonchev–Trinajstić information content (AvgIpc) is 3.18. The molecule has 0 saturated heterocycles. The summed E-state index contributed by atoms with van der Waals surface area (Å²) in [4.78, 5) is 16.0. The van der Waals surface area contributed by atoms with Crippen molar-refractivity contribution in [1.29, 1.82) is 0 Å². The van der Waals surface area contributed by atoms with E-state index in [-0.39, 0.29) is 4.92 Å². The zero-order chi connectivity index (χ0) is 23.1. The highest BCUT2D eigenvalue weighted by Gasteiger charge is 2.49. The predicted molar refractivity (Wildman–Crippen MR) is 128 cm³/mol. The summed E-state index contributed by atoms with van der Waals surface area (Å²) in [5, 5.41) is 17.2. The Hall–Kier alpha value is -4.00. The van der Waals surface area contributed by atoms with Gasteiger partial charge in [0.1, 0.15) is 17.5 Å². The molecule has 0 radical (unpaired) electrons. The van der Waals surface area contributed by atoms with Gasteiger partial charge in [-0.25, -0.2) is 0 Å². The third-order valence-electron chi connectivity index (χ3n) is 6.63. The van der Waals surface area contributed by atoms with Crippen LogP contribution in [0.2, 0.25) is 0 Å². The summed E-state index contributed by atoms with van der Waals surface area (Å²) in [6.45, 7) is 2.02. The lowest BCUT2D eigenvalue weighted by Gasteiger charge is -2.37. The normalized spacial score (nSPS) is 19.5. The second-order valence-electron chi connectivity index (χ2n) is 8.25. The molecule has 33 heavy (non-hydrogen) atoms. The Morgan fingerprint density at radius 2 is 1.55 bits per heavy atom. The zero-order valence-electron chi connectivity index (χ0n) is 18.7. The molecule has 168 valence electrons. The fourth-order valence-electron chi connectivity index (χ4n) is 5.12. The first kappa shape index (κ1) is 20.9. The molecular formula is C26H25N3O4. The van der Waals surface area contributed by atoms with Gasteiger partial charge in [-0.3, -0.25) is 10.1 Å². The van der Waals surface area contributed by atoms with Crippen LogP contribution in [0.25, 0.3) is 10.9 Å². The van der Waals surface area contributed by atoms with Crippen molar-refractivity contribution >= 4 is 16.6 Å². The molecule has 0 spiro atoms. The maximum Gasteiger partial charge on any atom is 0.249 e. The molecule has 1 aliphatic heterocycles. The quantitative estimate of drug-likeness (QED) is 0.317. The van der Waals surface area contributed by atoms with Gasteiger partial charge in [0.25, 0.3) is 0 Å². The number of benzene rings is 3. The Kier molecular flexibility index (Phi) is 5.17. The highest BCUT2D eigenvalue weighted by Crippen LogP contribution is 2.50. The molecule has 4 aromatic rings. The molecule has 0 unspecified atom stereocenters. The molecule has 7 heteroatoms. The van der Waals surface area contributed by atoms with Crippen LogP contribution >= 0.6 is 0 Å². The van der Waals surface area contributed by atoms with Crippen molar-refractivity contribution in [2.45, 2.75) is 24.9 Å². The highest BCUT2D eigenvalue weighted by atomic mass is 16.6. The maximum absolute atomic E-state index is 12.7. The molecule has 0 bridgehead atoms. The van der Waals surface area contributed by atoms with Crippen LogP contribution in [0.4, 0.5) is 5.69 Å². The van der Waals surface area contributed by atoms with E-state index in [0.29, 0.717) is 11.5 Å². The number of nitrogens with one attached hydrogen (secondary N) is 2. The number of aromatic nitrogens is 1. The van der Waals surface area contributed by atoms with E-state index in [1.165, 1.54) is 0 Å². The largest absolute Gasteiger partial charge is 0.496 e. The number of aromatic amines is 1. The molecule has 0 amide bonds. The number of methoxy groups -OCH3 is 2. The van der Waals surface area contributed by atoms with Crippen LogP contribution in [-0.4, -0.2) is 30.2 Å². The third kappa shape index (κ3) is 3.28. The smallest absolute Gasteiger partial charge is 0.249 e. The van der Waals surface area contributed by atoms with Crippen LogP contribution in [-0.2, 0) is 0 Å². The van der Waals surface area contributed by atoms with E-state index in [4.69, 9.17) is 9.47 Å². The molecule has 3 atom stereocenters. The number of ether oxygens (including phenoxy) is 2. The minimum atomic E-state index is -0.979.